The highest BCUT2D eigenvalue weighted by Gasteiger charge is 2.11. The number of aryl methyl sites for hydroxylation is 1. The van der Waals surface area contributed by atoms with E-state index >= 15 is 0 Å². The summed E-state index contributed by atoms with van der Waals surface area (Å²) in [5.74, 6) is 1.06. The minimum atomic E-state index is 0.840. The second kappa shape index (κ2) is 6.56. The second-order valence-corrected chi connectivity index (χ2v) is 6.62. The van der Waals surface area contributed by atoms with Gasteiger partial charge in [0.15, 0.2) is 0 Å². The van der Waals surface area contributed by atoms with Crippen molar-refractivity contribution in [1.82, 2.24) is 0 Å². The van der Waals surface area contributed by atoms with E-state index in [4.69, 9.17) is 4.74 Å². The van der Waals surface area contributed by atoms with Crippen molar-refractivity contribution < 1.29 is 4.74 Å². The molecule has 0 fully saturated rings. The van der Waals surface area contributed by atoms with Crippen LogP contribution in [0.3, 0.4) is 0 Å². The van der Waals surface area contributed by atoms with Gasteiger partial charge in [-0.25, -0.2) is 0 Å². The van der Waals surface area contributed by atoms with Crippen LogP contribution in [-0.2, 0) is 6.42 Å². The predicted molar refractivity (Wildman–Crippen MR) is 101 cm³/mol. The Morgan fingerprint density at radius 1 is 0.958 bits per heavy atom. The minimum Gasteiger partial charge on any atom is -0.493 e. The molecule has 4 rings (SSSR count). The number of rotatable bonds is 1. The molecule has 0 spiro atoms. The smallest absolute Gasteiger partial charge is 0.122 e. The van der Waals surface area contributed by atoms with Crippen molar-refractivity contribution in [3.63, 3.8) is 0 Å². The summed E-state index contributed by atoms with van der Waals surface area (Å²) in [6.45, 7) is 2.93. The molecule has 24 heavy (non-hydrogen) atoms. The summed E-state index contributed by atoms with van der Waals surface area (Å²) in [6, 6.07) is 13.3. The van der Waals surface area contributed by atoms with Gasteiger partial charge in [-0.15, -0.1) is 0 Å². The quantitative estimate of drug-likeness (QED) is 0.717. The lowest BCUT2D eigenvalue weighted by Crippen LogP contribution is -2.04. The SMILES string of the molecule is CC1=CC=Cc2ccc(-c3ccc4c(c3)CCCCCO4)cc2N1. The van der Waals surface area contributed by atoms with E-state index in [2.05, 4.69) is 66.9 Å². The van der Waals surface area contributed by atoms with Crippen molar-refractivity contribution in [1.29, 1.82) is 0 Å². The van der Waals surface area contributed by atoms with E-state index in [-0.39, 0.29) is 0 Å². The second-order valence-electron chi connectivity index (χ2n) is 6.62. The van der Waals surface area contributed by atoms with Crippen molar-refractivity contribution in [2.24, 2.45) is 0 Å². The summed E-state index contributed by atoms with van der Waals surface area (Å²) >= 11 is 0. The summed E-state index contributed by atoms with van der Waals surface area (Å²) in [5.41, 5.74) is 7.39. The van der Waals surface area contributed by atoms with Gasteiger partial charge >= 0.3 is 0 Å². The fourth-order valence-electron chi connectivity index (χ4n) is 3.41. The maximum absolute atomic E-state index is 5.91. The molecule has 0 aliphatic carbocycles. The lowest BCUT2D eigenvalue weighted by atomic mass is 9.97. The van der Waals surface area contributed by atoms with Gasteiger partial charge in [0.1, 0.15) is 5.75 Å². The van der Waals surface area contributed by atoms with Crippen LogP contribution in [0.25, 0.3) is 17.2 Å². The minimum absolute atomic E-state index is 0.840. The Kier molecular flexibility index (Phi) is 4.12. The topological polar surface area (TPSA) is 21.3 Å². The number of anilines is 1. The number of fused-ring (bicyclic) bond motifs is 2. The highest BCUT2D eigenvalue weighted by Crippen LogP contribution is 2.32. The fraction of sp³-hybridized carbons (Fsp3) is 0.273. The van der Waals surface area contributed by atoms with Crippen molar-refractivity contribution in [3.8, 4) is 16.9 Å². The van der Waals surface area contributed by atoms with E-state index in [1.165, 1.54) is 35.1 Å². The standard InChI is InChI=1S/C22H23NO/c1-16-6-5-8-17-9-10-19(15-21(17)23-16)18-11-12-22-20(14-18)7-3-2-4-13-24-22/h5-6,8-12,14-15,23H,2-4,7,13H2,1H3. The lowest BCUT2D eigenvalue weighted by molar-refractivity contribution is 0.294. The first kappa shape index (κ1) is 15.1. The molecule has 0 amide bonds. The van der Waals surface area contributed by atoms with Crippen molar-refractivity contribution in [2.45, 2.75) is 32.6 Å². The van der Waals surface area contributed by atoms with Crippen LogP contribution in [0.2, 0.25) is 0 Å². The van der Waals surface area contributed by atoms with E-state index < -0.39 is 0 Å². The normalized spacial score (nSPS) is 16.5. The molecule has 2 aromatic carbocycles. The molecule has 0 aromatic heterocycles. The molecule has 2 aliphatic rings. The summed E-state index contributed by atoms with van der Waals surface area (Å²) < 4.78 is 5.91. The Hall–Kier alpha value is -2.48. The number of ether oxygens (including phenoxy) is 1. The third-order valence-corrected chi connectivity index (χ3v) is 4.75. The molecule has 0 unspecified atom stereocenters. The molecule has 0 bridgehead atoms. The van der Waals surface area contributed by atoms with Crippen LogP contribution in [-0.4, -0.2) is 6.61 Å². The van der Waals surface area contributed by atoms with Crippen LogP contribution in [0.1, 0.15) is 37.3 Å². The molecule has 0 saturated heterocycles. The van der Waals surface area contributed by atoms with Gasteiger partial charge in [-0.2, -0.15) is 0 Å². The number of hydrogen-bond donors (Lipinski definition) is 1. The maximum Gasteiger partial charge on any atom is 0.122 e. The number of nitrogens with one attached hydrogen (secondary N) is 1. The average molecular weight is 317 g/mol. The fourth-order valence-corrected chi connectivity index (χ4v) is 3.41. The Labute approximate surface area is 143 Å². The van der Waals surface area contributed by atoms with E-state index in [1.807, 2.05) is 0 Å². The van der Waals surface area contributed by atoms with E-state index in [1.54, 1.807) is 0 Å². The summed E-state index contributed by atoms with van der Waals surface area (Å²) in [5, 5.41) is 3.49. The van der Waals surface area contributed by atoms with E-state index in [0.29, 0.717) is 0 Å². The number of benzene rings is 2. The highest BCUT2D eigenvalue weighted by molar-refractivity contribution is 5.78. The molecular formula is C22H23NO. The molecule has 2 heteroatoms. The summed E-state index contributed by atoms with van der Waals surface area (Å²) in [4.78, 5) is 0. The largest absolute Gasteiger partial charge is 0.493 e. The Morgan fingerprint density at radius 2 is 1.83 bits per heavy atom. The zero-order chi connectivity index (χ0) is 16.4. The average Bonchev–Trinajstić information content (AvgIpc) is 2.75. The summed E-state index contributed by atoms with van der Waals surface area (Å²) in [7, 11) is 0. The van der Waals surface area contributed by atoms with Gasteiger partial charge < -0.3 is 10.1 Å². The molecule has 122 valence electrons. The van der Waals surface area contributed by atoms with Crippen LogP contribution in [0, 0.1) is 0 Å². The Bertz CT molecular complexity index is 817. The molecule has 0 atom stereocenters. The first-order valence-electron chi connectivity index (χ1n) is 8.82. The van der Waals surface area contributed by atoms with Crippen LogP contribution >= 0.6 is 0 Å². The molecule has 2 nitrogen and oxygen atoms in total. The van der Waals surface area contributed by atoms with Crippen LogP contribution in [0.4, 0.5) is 5.69 Å². The van der Waals surface area contributed by atoms with Gasteiger partial charge in [0, 0.05) is 11.4 Å². The maximum atomic E-state index is 5.91. The van der Waals surface area contributed by atoms with Gasteiger partial charge in [0.05, 0.1) is 6.61 Å². The van der Waals surface area contributed by atoms with Crippen molar-refractivity contribution in [3.05, 3.63) is 65.4 Å². The zero-order valence-corrected chi connectivity index (χ0v) is 14.1. The van der Waals surface area contributed by atoms with Gasteiger partial charge in [0.2, 0.25) is 0 Å². The number of hydrogen-bond acceptors (Lipinski definition) is 2. The predicted octanol–water partition coefficient (Wildman–Crippen LogP) is 5.80. The third-order valence-electron chi connectivity index (χ3n) is 4.75. The molecular weight excluding hydrogens is 294 g/mol. The van der Waals surface area contributed by atoms with Crippen molar-refractivity contribution in [2.75, 3.05) is 11.9 Å². The molecule has 2 heterocycles. The monoisotopic (exact) mass is 317 g/mol. The summed E-state index contributed by atoms with van der Waals surface area (Å²) in [6.07, 6.45) is 11.1. The molecule has 1 N–H and O–H groups in total. The Morgan fingerprint density at radius 3 is 2.79 bits per heavy atom. The first-order chi connectivity index (χ1) is 11.8. The molecule has 0 radical (unpaired) electrons. The lowest BCUT2D eigenvalue weighted by Gasteiger charge is -2.17. The third kappa shape index (κ3) is 3.09. The van der Waals surface area contributed by atoms with Crippen LogP contribution in [0.5, 0.6) is 5.75 Å². The molecule has 2 aromatic rings. The van der Waals surface area contributed by atoms with Crippen LogP contribution in [0.15, 0.2) is 54.2 Å². The molecule has 2 aliphatic heterocycles. The van der Waals surface area contributed by atoms with Crippen molar-refractivity contribution >= 4 is 11.8 Å². The molecule has 0 saturated carbocycles. The first-order valence-corrected chi connectivity index (χ1v) is 8.82. The van der Waals surface area contributed by atoms with Crippen LogP contribution < -0.4 is 10.1 Å². The number of allylic oxidation sites excluding steroid dienone is 3. The Balaban J connectivity index is 1.70. The van der Waals surface area contributed by atoms with E-state index in [0.717, 1.165) is 36.6 Å². The van der Waals surface area contributed by atoms with E-state index in [9.17, 15) is 0 Å². The highest BCUT2D eigenvalue weighted by atomic mass is 16.5. The van der Waals surface area contributed by atoms with Gasteiger partial charge in [-0.3, -0.25) is 0 Å². The zero-order valence-electron chi connectivity index (χ0n) is 14.1. The van der Waals surface area contributed by atoms with Gasteiger partial charge in [0.25, 0.3) is 0 Å². The van der Waals surface area contributed by atoms with Gasteiger partial charge in [-0.1, -0.05) is 30.4 Å². The van der Waals surface area contributed by atoms with Gasteiger partial charge in [-0.05, 0) is 79.1 Å².